The van der Waals surface area contributed by atoms with Gasteiger partial charge >= 0.3 is 6.09 Å². The summed E-state index contributed by atoms with van der Waals surface area (Å²) >= 11 is 0. The van der Waals surface area contributed by atoms with Gasteiger partial charge in [-0.05, 0) is 51.8 Å². The van der Waals surface area contributed by atoms with Crippen molar-refractivity contribution in [3.05, 3.63) is 30.3 Å². The number of rotatable bonds is 2. The van der Waals surface area contributed by atoms with Gasteiger partial charge in [0.05, 0.1) is 11.4 Å². The van der Waals surface area contributed by atoms with Gasteiger partial charge in [-0.2, -0.15) is 0 Å². The van der Waals surface area contributed by atoms with Gasteiger partial charge in [0.2, 0.25) is 0 Å². The van der Waals surface area contributed by atoms with Crippen molar-refractivity contribution in [1.29, 1.82) is 0 Å². The molecule has 8 nitrogen and oxygen atoms in total. The first-order chi connectivity index (χ1) is 16.6. The van der Waals surface area contributed by atoms with E-state index in [2.05, 4.69) is 28.9 Å². The molecule has 1 amide bonds. The lowest BCUT2D eigenvalue weighted by Crippen LogP contribution is -2.62. The number of ether oxygens (including phenoxy) is 1. The molecule has 1 spiro atoms. The monoisotopic (exact) mass is 485 g/mol. The number of likely N-dealkylation sites (tertiary alicyclic amines) is 1. The predicted octanol–water partition coefficient (Wildman–Crippen LogP) is 5.71. The number of amides is 1. The third-order valence-corrected chi connectivity index (χ3v) is 5.85. The van der Waals surface area contributed by atoms with E-state index in [1.807, 2.05) is 52.8 Å². The fraction of sp³-hybridized carbons (Fsp3) is 0.593. The van der Waals surface area contributed by atoms with Gasteiger partial charge in [-0.3, -0.25) is 0 Å². The third kappa shape index (κ3) is 7.23. The molecule has 3 N–H and O–H groups in total. The molecule has 35 heavy (non-hydrogen) atoms. The Morgan fingerprint density at radius 3 is 2.23 bits per heavy atom. The number of carbonyl (C=O) groups is 1. The minimum atomic E-state index is -0.472. The summed E-state index contributed by atoms with van der Waals surface area (Å²) in [5.41, 5.74) is 7.87. The Hall–Kier alpha value is -3.03. The zero-order valence-corrected chi connectivity index (χ0v) is 22.5. The van der Waals surface area contributed by atoms with Crippen molar-refractivity contribution in [2.24, 2.45) is 5.41 Å². The highest BCUT2D eigenvalue weighted by atomic mass is 16.6. The van der Waals surface area contributed by atoms with E-state index in [4.69, 9.17) is 10.5 Å². The van der Waals surface area contributed by atoms with Crippen LogP contribution in [0.3, 0.4) is 0 Å². The molecule has 0 aliphatic carbocycles. The number of nitrogens with two attached hydrogens (primary N) is 1. The van der Waals surface area contributed by atoms with Gasteiger partial charge in [0.25, 0.3) is 0 Å². The number of aromatic nitrogens is 2. The van der Waals surface area contributed by atoms with E-state index >= 15 is 0 Å². The van der Waals surface area contributed by atoms with E-state index in [0.29, 0.717) is 17.1 Å². The maximum Gasteiger partial charge on any atom is 0.410 e. The number of nitrogen functional groups attached to an aromatic ring is 1. The molecule has 1 aromatic carbocycles. The minimum absolute atomic E-state index is 0.156. The Kier molecular flexibility index (Phi) is 9.74. The Morgan fingerprint density at radius 1 is 1.11 bits per heavy atom. The topological polar surface area (TPSA) is 105 Å². The van der Waals surface area contributed by atoms with Crippen molar-refractivity contribution in [2.75, 3.05) is 36.8 Å². The van der Waals surface area contributed by atoms with Gasteiger partial charge < -0.3 is 25.4 Å². The lowest BCUT2D eigenvalue weighted by molar-refractivity contribution is -0.0434. The number of benzene rings is 1. The standard InChI is InChI=1S/C22H29N5O3.C3H8.C2H6/c1-21(2,3)30-20(29)27-13-22(14-27)8-10-26(11-9-22)17-12-16(24-25-19(17)23)15-6-4-5-7-18(15)28;1-3-2;1-2/h4-7,12,28H,8-11,13-14H2,1-3H3,(H2,23,25);3H2,1-2H3;1-2H3. The summed E-state index contributed by atoms with van der Waals surface area (Å²) in [6, 6.07) is 8.95. The SMILES string of the molecule is CC.CC(C)(C)OC(=O)N1CC2(CCN(c3cc(-c4ccccc4O)nnc3N)CC2)C1.CCC. The number of aromatic hydroxyl groups is 1. The van der Waals surface area contributed by atoms with Crippen molar-refractivity contribution >= 4 is 17.6 Å². The maximum atomic E-state index is 12.2. The van der Waals surface area contributed by atoms with Crippen LogP contribution in [0.15, 0.2) is 30.3 Å². The van der Waals surface area contributed by atoms with Gasteiger partial charge in [0, 0.05) is 37.2 Å². The van der Waals surface area contributed by atoms with E-state index in [9.17, 15) is 9.90 Å². The van der Waals surface area contributed by atoms with Gasteiger partial charge in [-0.25, -0.2) is 4.79 Å². The van der Waals surface area contributed by atoms with Gasteiger partial charge in [0.1, 0.15) is 11.4 Å². The van der Waals surface area contributed by atoms with E-state index in [-0.39, 0.29) is 17.3 Å². The van der Waals surface area contributed by atoms with E-state index in [0.717, 1.165) is 44.7 Å². The molecule has 1 aromatic heterocycles. The molecule has 2 aliphatic rings. The maximum absolute atomic E-state index is 12.2. The van der Waals surface area contributed by atoms with Crippen molar-refractivity contribution in [3.63, 3.8) is 0 Å². The second-order valence-electron chi connectivity index (χ2n) is 10.0. The Morgan fingerprint density at radius 2 is 1.69 bits per heavy atom. The largest absolute Gasteiger partial charge is 0.507 e. The average Bonchev–Trinajstić information content (AvgIpc) is 2.79. The van der Waals surface area contributed by atoms with Gasteiger partial charge in [0.15, 0.2) is 5.82 Å². The molecule has 0 atom stereocenters. The smallest absolute Gasteiger partial charge is 0.410 e. The molecule has 4 rings (SSSR count). The first kappa shape index (κ1) is 28.2. The van der Waals surface area contributed by atoms with Crippen LogP contribution in [-0.4, -0.2) is 58.1 Å². The summed E-state index contributed by atoms with van der Waals surface area (Å²) in [5.74, 6) is 0.547. The van der Waals surface area contributed by atoms with Crippen LogP contribution in [0.1, 0.15) is 67.7 Å². The highest BCUT2D eigenvalue weighted by Crippen LogP contribution is 2.43. The molecule has 0 unspecified atom stereocenters. The van der Waals surface area contributed by atoms with Crippen LogP contribution in [0, 0.1) is 5.41 Å². The third-order valence-electron chi connectivity index (χ3n) is 5.85. The van der Waals surface area contributed by atoms with Crippen LogP contribution in [0.4, 0.5) is 16.3 Å². The number of phenolic OH excluding ortho intramolecular Hbond substituents is 1. The summed E-state index contributed by atoms with van der Waals surface area (Å²) in [6.45, 7) is 17.0. The molecular weight excluding hydrogens is 442 g/mol. The van der Waals surface area contributed by atoms with Crippen LogP contribution in [0.25, 0.3) is 11.3 Å². The van der Waals surface area contributed by atoms with Crippen LogP contribution in [-0.2, 0) is 4.74 Å². The Labute approximate surface area is 210 Å². The number of anilines is 2. The molecule has 8 heteroatoms. The predicted molar refractivity (Wildman–Crippen MR) is 143 cm³/mol. The minimum Gasteiger partial charge on any atom is -0.507 e. The van der Waals surface area contributed by atoms with Crippen LogP contribution in [0.2, 0.25) is 0 Å². The zero-order valence-electron chi connectivity index (χ0n) is 22.5. The van der Waals surface area contributed by atoms with Gasteiger partial charge in [-0.1, -0.05) is 46.2 Å². The van der Waals surface area contributed by atoms with Crippen LogP contribution < -0.4 is 10.6 Å². The first-order valence-electron chi connectivity index (χ1n) is 12.7. The second-order valence-corrected chi connectivity index (χ2v) is 10.0. The lowest BCUT2D eigenvalue weighted by Gasteiger charge is -2.54. The van der Waals surface area contributed by atoms with Crippen LogP contribution in [0.5, 0.6) is 5.75 Å². The van der Waals surface area contributed by atoms with Crippen molar-refractivity contribution in [2.45, 2.75) is 73.3 Å². The summed E-state index contributed by atoms with van der Waals surface area (Å²) in [5, 5.41) is 18.4. The fourth-order valence-corrected chi connectivity index (χ4v) is 4.22. The molecule has 2 aromatic rings. The van der Waals surface area contributed by atoms with E-state index < -0.39 is 5.60 Å². The molecule has 0 saturated carbocycles. The van der Waals surface area contributed by atoms with E-state index in [1.165, 1.54) is 6.42 Å². The van der Waals surface area contributed by atoms with Gasteiger partial charge in [-0.15, -0.1) is 10.2 Å². The molecule has 194 valence electrons. The molecule has 0 radical (unpaired) electrons. The second kappa shape index (κ2) is 12.1. The quantitative estimate of drug-likeness (QED) is 0.561. The molecule has 2 fully saturated rings. The molecule has 2 saturated heterocycles. The Bertz CT molecular complexity index is 958. The highest BCUT2D eigenvalue weighted by molar-refractivity contribution is 5.74. The summed E-state index contributed by atoms with van der Waals surface area (Å²) in [6.07, 6.45) is 2.96. The van der Waals surface area contributed by atoms with Crippen LogP contribution >= 0.6 is 0 Å². The molecule has 3 heterocycles. The Balaban J connectivity index is 0.000000803. The first-order valence-corrected chi connectivity index (χ1v) is 12.7. The number of nitrogens with zero attached hydrogens (tertiary/aromatic N) is 4. The number of carbonyl (C=O) groups excluding carboxylic acids is 1. The fourth-order valence-electron chi connectivity index (χ4n) is 4.22. The number of hydrogen-bond acceptors (Lipinski definition) is 7. The highest BCUT2D eigenvalue weighted by Gasteiger charge is 2.48. The number of piperidine rings is 1. The number of hydrogen-bond donors (Lipinski definition) is 2. The van der Waals surface area contributed by atoms with E-state index in [1.54, 1.807) is 17.0 Å². The average molecular weight is 486 g/mol. The summed E-state index contributed by atoms with van der Waals surface area (Å²) in [7, 11) is 0. The normalized spacial score (nSPS) is 16.3. The summed E-state index contributed by atoms with van der Waals surface area (Å²) in [4.78, 5) is 16.2. The van der Waals surface area contributed by atoms with Crippen molar-refractivity contribution in [3.8, 4) is 17.0 Å². The molecule has 0 bridgehead atoms. The number of phenols is 1. The van der Waals surface area contributed by atoms with Crippen molar-refractivity contribution < 1.29 is 14.6 Å². The molecule has 2 aliphatic heterocycles. The molecular formula is C27H43N5O3. The van der Waals surface area contributed by atoms with Crippen molar-refractivity contribution in [1.82, 2.24) is 15.1 Å². The zero-order chi connectivity index (χ0) is 26.2. The summed E-state index contributed by atoms with van der Waals surface area (Å²) < 4.78 is 5.47. The number of para-hydroxylation sites is 1. The lowest BCUT2D eigenvalue weighted by atomic mass is 9.72.